The second-order valence-corrected chi connectivity index (χ2v) is 6.06. The minimum atomic E-state index is -0.537. The van der Waals surface area contributed by atoms with Crippen LogP contribution in [0.15, 0.2) is 54.7 Å². The molecular weight excluding hydrogens is 314 g/mol. The average molecular weight is 337 g/mol. The number of hydrogen-bond donors (Lipinski definition) is 3. The van der Waals surface area contributed by atoms with E-state index in [9.17, 15) is 4.79 Å². The van der Waals surface area contributed by atoms with Crippen molar-refractivity contribution in [3.63, 3.8) is 0 Å². The molecule has 4 N–H and O–H groups in total. The van der Waals surface area contributed by atoms with E-state index in [2.05, 4.69) is 10.3 Å². The molecule has 1 aromatic heterocycles. The number of benzene rings is 2. The Hall–Kier alpha value is -2.79. The van der Waals surface area contributed by atoms with Crippen LogP contribution in [0.25, 0.3) is 10.9 Å². The van der Waals surface area contributed by atoms with Crippen LogP contribution in [-0.2, 0) is 17.6 Å². The summed E-state index contributed by atoms with van der Waals surface area (Å²) in [4.78, 5) is 15.4. The van der Waals surface area contributed by atoms with E-state index < -0.39 is 6.04 Å². The molecule has 1 amide bonds. The standard InChI is InChI=1S/C20H23N3O2/c1-25-16-7-8-19-17(12-16)15(13-23-19)9-10-22-20(24)18(21)11-14-5-3-2-4-6-14/h2-8,12-13,18,23H,9-11,21H2,1H3,(H,22,24). The normalized spacial score (nSPS) is 12.1. The number of nitrogens with one attached hydrogen (secondary N) is 2. The van der Waals surface area contributed by atoms with Gasteiger partial charge in [-0.2, -0.15) is 0 Å². The Morgan fingerprint density at radius 2 is 2.04 bits per heavy atom. The van der Waals surface area contributed by atoms with Crippen LogP contribution in [0.4, 0.5) is 0 Å². The van der Waals surface area contributed by atoms with Crippen LogP contribution in [0.2, 0.25) is 0 Å². The summed E-state index contributed by atoms with van der Waals surface area (Å²) in [6, 6.07) is 15.2. The molecule has 0 saturated heterocycles. The largest absolute Gasteiger partial charge is 0.497 e. The number of amides is 1. The number of ether oxygens (including phenoxy) is 1. The number of carbonyl (C=O) groups excluding carboxylic acids is 1. The third-order valence-corrected chi connectivity index (χ3v) is 4.30. The molecule has 3 aromatic rings. The Kier molecular flexibility index (Phi) is 5.36. The van der Waals surface area contributed by atoms with Gasteiger partial charge in [0.25, 0.3) is 0 Å². The minimum Gasteiger partial charge on any atom is -0.497 e. The highest BCUT2D eigenvalue weighted by molar-refractivity contribution is 5.85. The number of carbonyl (C=O) groups is 1. The molecule has 5 heteroatoms. The quantitative estimate of drug-likeness (QED) is 0.619. The van der Waals surface area contributed by atoms with Crippen molar-refractivity contribution < 1.29 is 9.53 Å². The lowest BCUT2D eigenvalue weighted by atomic mass is 10.1. The van der Waals surface area contributed by atoms with Crippen molar-refractivity contribution >= 4 is 16.8 Å². The Balaban J connectivity index is 1.54. The third kappa shape index (κ3) is 4.19. The Bertz CT molecular complexity index is 843. The van der Waals surface area contributed by atoms with Gasteiger partial charge < -0.3 is 20.8 Å². The summed E-state index contributed by atoms with van der Waals surface area (Å²) in [5.41, 5.74) is 9.27. The zero-order chi connectivity index (χ0) is 17.6. The molecule has 0 aliphatic heterocycles. The van der Waals surface area contributed by atoms with E-state index in [1.807, 2.05) is 54.7 Å². The molecule has 1 heterocycles. The van der Waals surface area contributed by atoms with Crippen molar-refractivity contribution in [1.29, 1.82) is 0 Å². The molecule has 5 nitrogen and oxygen atoms in total. The minimum absolute atomic E-state index is 0.124. The van der Waals surface area contributed by atoms with Gasteiger partial charge in [-0.3, -0.25) is 4.79 Å². The van der Waals surface area contributed by atoms with E-state index in [1.165, 1.54) is 0 Å². The van der Waals surface area contributed by atoms with Crippen LogP contribution in [0, 0.1) is 0 Å². The maximum absolute atomic E-state index is 12.2. The number of H-pyrrole nitrogens is 1. The number of rotatable bonds is 7. The van der Waals surface area contributed by atoms with Crippen LogP contribution in [0.3, 0.4) is 0 Å². The topological polar surface area (TPSA) is 80.1 Å². The number of aromatic amines is 1. The first-order chi connectivity index (χ1) is 12.2. The van der Waals surface area contributed by atoms with Crippen molar-refractivity contribution in [3.05, 3.63) is 65.9 Å². The van der Waals surface area contributed by atoms with E-state index in [4.69, 9.17) is 10.5 Å². The van der Waals surface area contributed by atoms with Gasteiger partial charge in [0.1, 0.15) is 5.75 Å². The highest BCUT2D eigenvalue weighted by atomic mass is 16.5. The summed E-state index contributed by atoms with van der Waals surface area (Å²) in [5.74, 6) is 0.698. The lowest BCUT2D eigenvalue weighted by Crippen LogP contribution is -2.42. The van der Waals surface area contributed by atoms with E-state index in [-0.39, 0.29) is 5.91 Å². The van der Waals surface area contributed by atoms with Gasteiger partial charge in [0.05, 0.1) is 13.2 Å². The molecule has 130 valence electrons. The highest BCUT2D eigenvalue weighted by Crippen LogP contribution is 2.23. The van der Waals surface area contributed by atoms with E-state index >= 15 is 0 Å². The molecule has 0 radical (unpaired) electrons. The zero-order valence-electron chi connectivity index (χ0n) is 14.3. The summed E-state index contributed by atoms with van der Waals surface area (Å²) >= 11 is 0. The zero-order valence-corrected chi connectivity index (χ0v) is 14.3. The summed E-state index contributed by atoms with van der Waals surface area (Å²) in [6.07, 6.45) is 3.24. The van der Waals surface area contributed by atoms with Gasteiger partial charge in [-0.25, -0.2) is 0 Å². The summed E-state index contributed by atoms with van der Waals surface area (Å²) < 4.78 is 5.28. The van der Waals surface area contributed by atoms with Gasteiger partial charge in [0.2, 0.25) is 5.91 Å². The van der Waals surface area contributed by atoms with Gasteiger partial charge in [0.15, 0.2) is 0 Å². The molecule has 0 aliphatic rings. The van der Waals surface area contributed by atoms with E-state index in [1.54, 1.807) is 7.11 Å². The van der Waals surface area contributed by atoms with Crippen molar-refractivity contribution in [2.24, 2.45) is 5.73 Å². The van der Waals surface area contributed by atoms with E-state index in [0.717, 1.165) is 34.2 Å². The van der Waals surface area contributed by atoms with Crippen LogP contribution in [0.5, 0.6) is 5.75 Å². The van der Waals surface area contributed by atoms with Crippen molar-refractivity contribution in [2.75, 3.05) is 13.7 Å². The predicted octanol–water partition coefficient (Wildman–Crippen LogP) is 2.41. The summed E-state index contributed by atoms with van der Waals surface area (Å²) in [6.45, 7) is 0.547. The monoisotopic (exact) mass is 337 g/mol. The molecule has 1 atom stereocenters. The first-order valence-electron chi connectivity index (χ1n) is 8.38. The fourth-order valence-corrected chi connectivity index (χ4v) is 2.90. The molecule has 25 heavy (non-hydrogen) atoms. The molecule has 2 aromatic carbocycles. The number of hydrogen-bond acceptors (Lipinski definition) is 3. The van der Waals surface area contributed by atoms with Crippen molar-refractivity contribution in [2.45, 2.75) is 18.9 Å². The Morgan fingerprint density at radius 3 is 2.80 bits per heavy atom. The van der Waals surface area contributed by atoms with Gasteiger partial charge in [-0.15, -0.1) is 0 Å². The number of nitrogens with two attached hydrogens (primary N) is 1. The van der Waals surface area contributed by atoms with Crippen LogP contribution >= 0.6 is 0 Å². The Labute approximate surface area is 147 Å². The van der Waals surface area contributed by atoms with E-state index in [0.29, 0.717) is 13.0 Å². The molecule has 0 aliphatic carbocycles. The van der Waals surface area contributed by atoms with Crippen LogP contribution < -0.4 is 15.8 Å². The van der Waals surface area contributed by atoms with Gasteiger partial charge >= 0.3 is 0 Å². The molecule has 0 fully saturated rings. The smallest absolute Gasteiger partial charge is 0.237 e. The fourth-order valence-electron chi connectivity index (χ4n) is 2.90. The number of fused-ring (bicyclic) bond motifs is 1. The number of methoxy groups -OCH3 is 1. The Morgan fingerprint density at radius 1 is 1.24 bits per heavy atom. The molecule has 1 unspecified atom stereocenters. The van der Waals surface area contributed by atoms with Gasteiger partial charge in [-0.1, -0.05) is 30.3 Å². The van der Waals surface area contributed by atoms with Gasteiger partial charge in [-0.05, 0) is 42.2 Å². The first-order valence-corrected chi connectivity index (χ1v) is 8.38. The molecule has 0 saturated carbocycles. The van der Waals surface area contributed by atoms with Crippen LogP contribution in [0.1, 0.15) is 11.1 Å². The maximum atomic E-state index is 12.2. The lowest BCUT2D eigenvalue weighted by molar-refractivity contribution is -0.122. The summed E-state index contributed by atoms with van der Waals surface area (Å²) in [7, 11) is 1.65. The second-order valence-electron chi connectivity index (χ2n) is 6.06. The SMILES string of the molecule is COc1ccc2[nH]cc(CCNC(=O)C(N)Cc3ccccc3)c2c1. The molecule has 3 rings (SSSR count). The summed E-state index contributed by atoms with van der Waals surface area (Å²) in [5, 5.41) is 4.04. The van der Waals surface area contributed by atoms with Crippen LogP contribution in [-0.4, -0.2) is 30.6 Å². The molecular formula is C20H23N3O2. The maximum Gasteiger partial charge on any atom is 0.237 e. The van der Waals surface area contributed by atoms with Crippen molar-refractivity contribution in [1.82, 2.24) is 10.3 Å². The van der Waals surface area contributed by atoms with Crippen molar-refractivity contribution in [3.8, 4) is 5.75 Å². The molecule has 0 bridgehead atoms. The fraction of sp³-hybridized carbons (Fsp3) is 0.250. The number of aromatic nitrogens is 1. The molecule has 0 spiro atoms. The second kappa shape index (κ2) is 7.85. The third-order valence-electron chi connectivity index (χ3n) is 4.30. The predicted molar refractivity (Wildman–Crippen MR) is 99.7 cm³/mol. The average Bonchev–Trinajstić information content (AvgIpc) is 3.04. The van der Waals surface area contributed by atoms with Gasteiger partial charge in [0, 0.05) is 23.6 Å². The highest BCUT2D eigenvalue weighted by Gasteiger charge is 2.14. The lowest BCUT2D eigenvalue weighted by Gasteiger charge is -2.12. The first kappa shape index (κ1) is 17.0.